The lowest BCUT2D eigenvalue weighted by Crippen LogP contribution is -2.35. The standard InChI is InChI=1S/C24H23ClN2O4S/c1-16-13-19-4-3-17(15-26-32(29,30)22-11-7-20(25)8-12-22)14-23(19)27(16)24(28)18-5-9-21(31-2)10-6-18/h3-12,14,16,26H,13,15H2,1-2H3. The smallest absolute Gasteiger partial charge is 0.258 e. The molecule has 0 aliphatic carbocycles. The van der Waals surface area contributed by atoms with Crippen molar-refractivity contribution >= 4 is 33.2 Å². The molecule has 4 rings (SSSR count). The minimum absolute atomic E-state index is 0.000566. The zero-order valence-corrected chi connectivity index (χ0v) is 19.3. The molecule has 1 aliphatic rings. The van der Waals surface area contributed by atoms with Crippen molar-refractivity contribution in [2.45, 2.75) is 30.8 Å². The van der Waals surface area contributed by atoms with E-state index in [0.717, 1.165) is 23.2 Å². The Bertz CT molecular complexity index is 1240. The van der Waals surface area contributed by atoms with Crippen molar-refractivity contribution in [1.82, 2.24) is 4.72 Å². The molecule has 3 aromatic rings. The molecular formula is C24H23ClN2O4S. The van der Waals surface area contributed by atoms with E-state index < -0.39 is 10.0 Å². The third-order valence-electron chi connectivity index (χ3n) is 5.51. The van der Waals surface area contributed by atoms with Crippen molar-refractivity contribution < 1.29 is 17.9 Å². The molecular weight excluding hydrogens is 448 g/mol. The molecule has 3 aromatic carbocycles. The molecule has 1 amide bonds. The summed E-state index contributed by atoms with van der Waals surface area (Å²) in [5, 5.41) is 0.471. The lowest BCUT2D eigenvalue weighted by molar-refractivity contribution is 0.0981. The highest BCUT2D eigenvalue weighted by Crippen LogP contribution is 2.34. The van der Waals surface area contributed by atoms with Crippen LogP contribution in [0, 0.1) is 0 Å². The fraction of sp³-hybridized carbons (Fsp3) is 0.208. The summed E-state index contributed by atoms with van der Waals surface area (Å²) in [6.07, 6.45) is 0.744. The molecule has 32 heavy (non-hydrogen) atoms. The minimum Gasteiger partial charge on any atom is -0.497 e. The Morgan fingerprint density at radius 1 is 1.09 bits per heavy atom. The van der Waals surface area contributed by atoms with E-state index in [1.54, 1.807) is 36.3 Å². The highest BCUT2D eigenvalue weighted by molar-refractivity contribution is 7.89. The third-order valence-corrected chi connectivity index (χ3v) is 7.18. The summed E-state index contributed by atoms with van der Waals surface area (Å²) >= 11 is 5.85. The maximum atomic E-state index is 13.2. The Morgan fingerprint density at radius 3 is 2.44 bits per heavy atom. The number of hydrogen-bond donors (Lipinski definition) is 1. The number of halogens is 1. The first kappa shape index (κ1) is 22.3. The lowest BCUT2D eigenvalue weighted by atomic mass is 10.1. The normalized spacial score (nSPS) is 15.5. The van der Waals surface area contributed by atoms with Crippen molar-refractivity contribution in [3.8, 4) is 5.75 Å². The first-order valence-electron chi connectivity index (χ1n) is 10.1. The Hall–Kier alpha value is -2.87. The molecule has 1 atom stereocenters. The number of anilines is 1. The molecule has 6 nitrogen and oxygen atoms in total. The number of carbonyl (C=O) groups is 1. The molecule has 1 N–H and O–H groups in total. The summed E-state index contributed by atoms with van der Waals surface area (Å²) in [5.41, 5.74) is 3.20. The second-order valence-electron chi connectivity index (χ2n) is 7.70. The number of benzene rings is 3. The van der Waals surface area contributed by atoms with Gasteiger partial charge in [-0.05, 0) is 79.1 Å². The van der Waals surface area contributed by atoms with Crippen LogP contribution in [0.4, 0.5) is 5.69 Å². The quantitative estimate of drug-likeness (QED) is 0.578. The van der Waals surface area contributed by atoms with Gasteiger partial charge in [-0.25, -0.2) is 13.1 Å². The maximum absolute atomic E-state index is 13.2. The summed E-state index contributed by atoms with van der Waals surface area (Å²) in [6.45, 7) is 2.11. The van der Waals surface area contributed by atoms with Crippen LogP contribution >= 0.6 is 11.6 Å². The molecule has 0 bridgehead atoms. The Balaban J connectivity index is 1.55. The highest BCUT2D eigenvalue weighted by atomic mass is 35.5. The van der Waals surface area contributed by atoms with E-state index in [1.807, 2.05) is 25.1 Å². The van der Waals surface area contributed by atoms with E-state index in [-0.39, 0.29) is 23.4 Å². The van der Waals surface area contributed by atoms with Gasteiger partial charge in [-0.15, -0.1) is 0 Å². The molecule has 0 spiro atoms. The Labute approximate surface area is 192 Å². The SMILES string of the molecule is COc1ccc(C(=O)N2c3cc(CNS(=O)(=O)c4ccc(Cl)cc4)ccc3CC2C)cc1. The maximum Gasteiger partial charge on any atom is 0.258 e. The summed E-state index contributed by atoms with van der Waals surface area (Å²) in [6, 6.07) is 18.7. The number of nitrogens with zero attached hydrogens (tertiary/aromatic N) is 1. The van der Waals surface area contributed by atoms with Crippen molar-refractivity contribution in [3.63, 3.8) is 0 Å². The fourth-order valence-electron chi connectivity index (χ4n) is 3.82. The van der Waals surface area contributed by atoms with E-state index in [2.05, 4.69) is 4.72 Å². The number of methoxy groups -OCH3 is 1. The van der Waals surface area contributed by atoms with Gasteiger partial charge in [0, 0.05) is 28.9 Å². The second kappa shape index (κ2) is 8.94. The van der Waals surface area contributed by atoms with Gasteiger partial charge in [0.2, 0.25) is 10.0 Å². The predicted octanol–water partition coefficient (Wildman–Crippen LogP) is 4.42. The van der Waals surface area contributed by atoms with Crippen molar-refractivity contribution in [2.24, 2.45) is 0 Å². The number of rotatable bonds is 6. The summed E-state index contributed by atoms with van der Waals surface area (Å²) in [4.78, 5) is 15.1. The molecule has 0 saturated heterocycles. The van der Waals surface area contributed by atoms with Gasteiger partial charge in [0.25, 0.3) is 5.91 Å². The molecule has 1 unspecified atom stereocenters. The third kappa shape index (κ3) is 4.50. The van der Waals surface area contributed by atoms with Crippen LogP contribution in [0.3, 0.4) is 0 Å². The largest absolute Gasteiger partial charge is 0.497 e. The van der Waals surface area contributed by atoms with Crippen LogP contribution in [0.2, 0.25) is 5.02 Å². The number of carbonyl (C=O) groups excluding carboxylic acids is 1. The Morgan fingerprint density at radius 2 is 1.78 bits per heavy atom. The van der Waals surface area contributed by atoms with Gasteiger partial charge in [-0.2, -0.15) is 0 Å². The molecule has 166 valence electrons. The van der Waals surface area contributed by atoms with E-state index >= 15 is 0 Å². The number of ether oxygens (including phenoxy) is 1. The monoisotopic (exact) mass is 470 g/mol. The van der Waals surface area contributed by atoms with E-state index in [1.165, 1.54) is 24.3 Å². The minimum atomic E-state index is -3.68. The molecule has 0 saturated carbocycles. The fourth-order valence-corrected chi connectivity index (χ4v) is 4.96. The first-order valence-corrected chi connectivity index (χ1v) is 12.0. The van der Waals surface area contributed by atoms with Crippen LogP contribution < -0.4 is 14.4 Å². The van der Waals surface area contributed by atoms with E-state index in [0.29, 0.717) is 16.3 Å². The van der Waals surface area contributed by atoms with Crippen LogP contribution in [-0.4, -0.2) is 27.5 Å². The molecule has 1 heterocycles. The topological polar surface area (TPSA) is 75.7 Å². The van der Waals surface area contributed by atoms with E-state index in [4.69, 9.17) is 16.3 Å². The molecule has 0 radical (unpaired) electrons. The van der Waals surface area contributed by atoms with Crippen LogP contribution in [0.15, 0.2) is 71.6 Å². The number of nitrogens with one attached hydrogen (secondary N) is 1. The van der Waals surface area contributed by atoms with Crippen molar-refractivity contribution in [3.05, 3.63) is 88.4 Å². The van der Waals surface area contributed by atoms with Crippen molar-refractivity contribution in [2.75, 3.05) is 12.0 Å². The summed E-state index contributed by atoms with van der Waals surface area (Å²) < 4.78 is 33.0. The highest BCUT2D eigenvalue weighted by Gasteiger charge is 2.31. The van der Waals surface area contributed by atoms with E-state index in [9.17, 15) is 13.2 Å². The van der Waals surface area contributed by atoms with Gasteiger partial charge < -0.3 is 9.64 Å². The molecule has 1 aliphatic heterocycles. The van der Waals surface area contributed by atoms with Crippen LogP contribution in [0.1, 0.15) is 28.4 Å². The summed E-state index contributed by atoms with van der Waals surface area (Å²) in [5.74, 6) is 0.587. The molecule has 0 fully saturated rings. The van der Waals surface area contributed by atoms with Gasteiger partial charge >= 0.3 is 0 Å². The zero-order chi connectivity index (χ0) is 22.9. The lowest BCUT2D eigenvalue weighted by Gasteiger charge is -2.23. The Kier molecular flexibility index (Phi) is 6.24. The van der Waals surface area contributed by atoms with Gasteiger partial charge in [0.05, 0.1) is 12.0 Å². The van der Waals surface area contributed by atoms with Crippen LogP contribution in [-0.2, 0) is 23.0 Å². The average molecular weight is 471 g/mol. The van der Waals surface area contributed by atoms with Crippen LogP contribution in [0.5, 0.6) is 5.75 Å². The van der Waals surface area contributed by atoms with Crippen molar-refractivity contribution in [1.29, 1.82) is 0 Å². The first-order chi connectivity index (χ1) is 15.3. The molecule has 8 heteroatoms. The summed E-state index contributed by atoms with van der Waals surface area (Å²) in [7, 11) is -2.10. The number of fused-ring (bicyclic) bond motifs is 1. The molecule has 0 aromatic heterocycles. The average Bonchev–Trinajstić information content (AvgIpc) is 3.12. The second-order valence-corrected chi connectivity index (χ2v) is 9.90. The number of sulfonamides is 1. The zero-order valence-electron chi connectivity index (χ0n) is 17.7. The number of amides is 1. The van der Waals surface area contributed by atoms with Crippen LogP contribution in [0.25, 0.3) is 0 Å². The van der Waals surface area contributed by atoms with Gasteiger partial charge in [-0.3, -0.25) is 4.79 Å². The van der Waals surface area contributed by atoms with Gasteiger partial charge in [0.15, 0.2) is 0 Å². The predicted molar refractivity (Wildman–Crippen MR) is 125 cm³/mol. The van der Waals surface area contributed by atoms with Gasteiger partial charge in [0.1, 0.15) is 5.75 Å². The van der Waals surface area contributed by atoms with Gasteiger partial charge in [-0.1, -0.05) is 23.7 Å². The number of hydrogen-bond acceptors (Lipinski definition) is 4.